The van der Waals surface area contributed by atoms with Crippen LogP contribution in [0, 0.1) is 5.92 Å². The minimum Gasteiger partial charge on any atom is -0.381 e. The van der Waals surface area contributed by atoms with Crippen LogP contribution < -0.4 is 5.32 Å². The molecule has 1 N–H and O–H groups in total. The van der Waals surface area contributed by atoms with Crippen molar-refractivity contribution in [2.45, 2.75) is 12.8 Å². The van der Waals surface area contributed by atoms with Crippen LogP contribution in [0.3, 0.4) is 0 Å². The predicted octanol–water partition coefficient (Wildman–Crippen LogP) is 3.34. The molecule has 2 heterocycles. The first-order valence-electron chi connectivity index (χ1n) is 5.39. The monoisotopic (exact) mass is 304 g/mol. The van der Waals surface area contributed by atoms with Crippen molar-refractivity contribution in [3.63, 3.8) is 0 Å². The van der Waals surface area contributed by atoms with Crippen molar-refractivity contribution in [2.24, 2.45) is 5.92 Å². The van der Waals surface area contributed by atoms with Crippen molar-refractivity contribution in [2.75, 3.05) is 25.1 Å². The van der Waals surface area contributed by atoms with E-state index in [9.17, 15) is 0 Å². The molecule has 1 aliphatic heterocycles. The summed E-state index contributed by atoms with van der Waals surface area (Å²) in [4.78, 5) is 4.22. The molecule has 0 radical (unpaired) electrons. The summed E-state index contributed by atoms with van der Waals surface area (Å²) in [6, 6.07) is 1.84. The third kappa shape index (κ3) is 3.09. The van der Waals surface area contributed by atoms with Crippen molar-refractivity contribution in [1.29, 1.82) is 0 Å². The summed E-state index contributed by atoms with van der Waals surface area (Å²) in [6.45, 7) is 2.64. The summed E-state index contributed by atoms with van der Waals surface area (Å²) in [6.07, 6.45) is 3.96. The maximum absolute atomic E-state index is 6.11. The summed E-state index contributed by atoms with van der Waals surface area (Å²) < 4.78 is 6.19. The SMILES string of the molecule is Clc1c(Br)ccnc1NCC1CCOCC1. The highest BCUT2D eigenvalue weighted by Gasteiger charge is 2.14. The molecule has 1 fully saturated rings. The summed E-state index contributed by atoms with van der Waals surface area (Å²) in [5.74, 6) is 1.41. The molecule has 1 saturated heterocycles. The van der Waals surface area contributed by atoms with Gasteiger partial charge >= 0.3 is 0 Å². The highest BCUT2D eigenvalue weighted by atomic mass is 79.9. The zero-order valence-corrected chi connectivity index (χ0v) is 11.2. The topological polar surface area (TPSA) is 34.2 Å². The van der Waals surface area contributed by atoms with Gasteiger partial charge in [0.15, 0.2) is 0 Å². The molecule has 3 nitrogen and oxygen atoms in total. The molecule has 0 atom stereocenters. The van der Waals surface area contributed by atoms with Crippen LogP contribution in [0.1, 0.15) is 12.8 Å². The zero-order valence-electron chi connectivity index (χ0n) is 8.88. The lowest BCUT2D eigenvalue weighted by atomic mass is 10.0. The number of pyridine rings is 1. The summed E-state index contributed by atoms with van der Waals surface area (Å²) in [5, 5.41) is 3.94. The van der Waals surface area contributed by atoms with Crippen molar-refractivity contribution in [3.05, 3.63) is 21.8 Å². The molecule has 0 spiro atoms. The average molecular weight is 306 g/mol. The zero-order chi connectivity index (χ0) is 11.4. The molecule has 2 rings (SSSR count). The van der Waals surface area contributed by atoms with E-state index in [-0.39, 0.29) is 0 Å². The number of hydrogen-bond donors (Lipinski definition) is 1. The maximum atomic E-state index is 6.11. The van der Waals surface area contributed by atoms with E-state index in [4.69, 9.17) is 16.3 Å². The van der Waals surface area contributed by atoms with E-state index < -0.39 is 0 Å². The van der Waals surface area contributed by atoms with Gasteiger partial charge < -0.3 is 10.1 Å². The summed E-state index contributed by atoms with van der Waals surface area (Å²) in [5.41, 5.74) is 0. The van der Waals surface area contributed by atoms with Gasteiger partial charge in [-0.05, 0) is 40.8 Å². The van der Waals surface area contributed by atoms with E-state index in [1.807, 2.05) is 6.07 Å². The molecule has 0 aromatic carbocycles. The third-order valence-corrected chi connectivity index (χ3v) is 4.01. The normalized spacial score (nSPS) is 17.4. The molecule has 16 heavy (non-hydrogen) atoms. The lowest BCUT2D eigenvalue weighted by Crippen LogP contribution is -2.23. The Bertz CT molecular complexity index is 356. The van der Waals surface area contributed by atoms with Crippen LogP contribution in [0.2, 0.25) is 5.02 Å². The first-order valence-corrected chi connectivity index (χ1v) is 6.56. The third-order valence-electron chi connectivity index (χ3n) is 2.74. The molecule has 1 aromatic rings. The highest BCUT2D eigenvalue weighted by Crippen LogP contribution is 2.28. The fourth-order valence-electron chi connectivity index (χ4n) is 1.73. The second-order valence-electron chi connectivity index (χ2n) is 3.89. The highest BCUT2D eigenvalue weighted by molar-refractivity contribution is 9.10. The number of ether oxygens (including phenoxy) is 1. The molecule has 1 aliphatic rings. The van der Waals surface area contributed by atoms with Crippen LogP contribution in [-0.2, 0) is 4.74 Å². The van der Waals surface area contributed by atoms with Crippen LogP contribution in [0.15, 0.2) is 16.7 Å². The average Bonchev–Trinajstić information content (AvgIpc) is 2.32. The molecular weight excluding hydrogens is 291 g/mol. The smallest absolute Gasteiger partial charge is 0.145 e. The van der Waals surface area contributed by atoms with Crippen molar-refractivity contribution in [1.82, 2.24) is 4.98 Å². The van der Waals surface area contributed by atoms with E-state index in [0.29, 0.717) is 10.9 Å². The second kappa shape index (κ2) is 5.84. The quantitative estimate of drug-likeness (QED) is 0.930. The lowest BCUT2D eigenvalue weighted by molar-refractivity contribution is 0.0699. The van der Waals surface area contributed by atoms with Gasteiger partial charge in [0.1, 0.15) is 5.82 Å². The Labute approximate surface area is 109 Å². The van der Waals surface area contributed by atoms with Crippen molar-refractivity contribution < 1.29 is 4.74 Å². The molecular formula is C11H14BrClN2O. The lowest BCUT2D eigenvalue weighted by Gasteiger charge is -2.22. The second-order valence-corrected chi connectivity index (χ2v) is 5.12. The number of hydrogen-bond acceptors (Lipinski definition) is 3. The Morgan fingerprint density at radius 3 is 3.00 bits per heavy atom. The number of halogens is 2. The van der Waals surface area contributed by atoms with Gasteiger partial charge in [0, 0.05) is 30.4 Å². The van der Waals surface area contributed by atoms with Gasteiger partial charge in [0.25, 0.3) is 0 Å². The number of nitrogens with zero attached hydrogens (tertiary/aromatic N) is 1. The Morgan fingerprint density at radius 2 is 2.25 bits per heavy atom. The first-order chi connectivity index (χ1) is 7.77. The largest absolute Gasteiger partial charge is 0.381 e. The minimum atomic E-state index is 0.648. The Hall–Kier alpha value is -0.320. The van der Waals surface area contributed by atoms with Crippen molar-refractivity contribution >= 4 is 33.3 Å². The fourth-order valence-corrected chi connectivity index (χ4v) is 2.22. The van der Waals surface area contributed by atoms with Gasteiger partial charge in [-0.25, -0.2) is 4.98 Å². The van der Waals surface area contributed by atoms with Crippen LogP contribution >= 0.6 is 27.5 Å². The van der Waals surface area contributed by atoms with E-state index in [2.05, 4.69) is 26.2 Å². The van der Waals surface area contributed by atoms with E-state index in [0.717, 1.165) is 42.9 Å². The minimum absolute atomic E-state index is 0.648. The molecule has 0 bridgehead atoms. The van der Waals surface area contributed by atoms with Gasteiger partial charge in [-0.2, -0.15) is 0 Å². The predicted molar refractivity (Wildman–Crippen MR) is 69.0 cm³/mol. The summed E-state index contributed by atoms with van der Waals surface area (Å²) in [7, 11) is 0. The molecule has 1 aromatic heterocycles. The van der Waals surface area contributed by atoms with Crippen LogP contribution in [0.4, 0.5) is 5.82 Å². The maximum Gasteiger partial charge on any atom is 0.145 e. The first kappa shape index (κ1) is 12.1. The molecule has 0 amide bonds. The number of aromatic nitrogens is 1. The number of anilines is 1. The van der Waals surface area contributed by atoms with Gasteiger partial charge in [0.2, 0.25) is 0 Å². The van der Waals surface area contributed by atoms with Crippen molar-refractivity contribution in [3.8, 4) is 0 Å². The number of rotatable bonds is 3. The Balaban J connectivity index is 1.91. The van der Waals surface area contributed by atoms with Gasteiger partial charge in [0.05, 0.1) is 5.02 Å². The number of nitrogens with one attached hydrogen (secondary N) is 1. The van der Waals surface area contributed by atoms with Crippen LogP contribution in [0.25, 0.3) is 0 Å². The van der Waals surface area contributed by atoms with Crippen LogP contribution in [0.5, 0.6) is 0 Å². The fraction of sp³-hybridized carbons (Fsp3) is 0.545. The van der Waals surface area contributed by atoms with E-state index >= 15 is 0 Å². The van der Waals surface area contributed by atoms with Gasteiger partial charge in [-0.1, -0.05) is 11.6 Å². The molecule has 88 valence electrons. The Kier molecular flexibility index (Phi) is 4.44. The molecule has 5 heteroatoms. The van der Waals surface area contributed by atoms with E-state index in [1.165, 1.54) is 0 Å². The Morgan fingerprint density at radius 1 is 1.50 bits per heavy atom. The molecule has 0 saturated carbocycles. The van der Waals surface area contributed by atoms with Gasteiger partial charge in [-0.15, -0.1) is 0 Å². The van der Waals surface area contributed by atoms with Crippen LogP contribution in [-0.4, -0.2) is 24.7 Å². The molecule has 0 unspecified atom stereocenters. The summed E-state index contributed by atoms with van der Waals surface area (Å²) >= 11 is 9.49. The van der Waals surface area contributed by atoms with Gasteiger partial charge in [-0.3, -0.25) is 0 Å². The van der Waals surface area contributed by atoms with E-state index in [1.54, 1.807) is 6.20 Å². The molecule has 0 aliphatic carbocycles. The standard InChI is InChI=1S/C11H14BrClN2O/c12-9-1-4-14-11(10(9)13)15-7-8-2-5-16-6-3-8/h1,4,8H,2-3,5-7H2,(H,14,15).